The highest BCUT2D eigenvalue weighted by atomic mass is 32.2. The Morgan fingerprint density at radius 1 is 0.621 bits per heavy atom. The van der Waals surface area contributed by atoms with Crippen LogP contribution >= 0.6 is 0 Å². The van der Waals surface area contributed by atoms with Gasteiger partial charge in [-0.2, -0.15) is 16.8 Å². The van der Waals surface area contributed by atoms with Crippen LogP contribution in [0.2, 0.25) is 0 Å². The van der Waals surface area contributed by atoms with Crippen LogP contribution in [-0.4, -0.2) is 29.0 Å². The van der Waals surface area contributed by atoms with E-state index in [-0.39, 0.29) is 28.0 Å². The van der Waals surface area contributed by atoms with Gasteiger partial charge in [-0.15, -0.1) is 0 Å². The lowest BCUT2D eigenvalue weighted by Gasteiger charge is -2.28. The highest BCUT2D eigenvalue weighted by molar-refractivity contribution is 7.87. The molecule has 0 amide bonds. The molecule has 0 spiro atoms. The summed E-state index contributed by atoms with van der Waals surface area (Å²) in [4.78, 5) is 0.120. The van der Waals surface area contributed by atoms with Gasteiger partial charge in [0.1, 0.15) is 0 Å². The zero-order valence-electron chi connectivity index (χ0n) is 17.1. The standard InChI is InChI=1S/C21H28O6S2/c1-16(2)20(26-28(22,23)18-11-7-5-8-12-18)15-21(17(3)4)27-29(24,25)19-13-9-6-10-14-19/h5-14,16-17,20-21H,15H2,1-4H3. The van der Waals surface area contributed by atoms with Crippen molar-refractivity contribution in [1.82, 2.24) is 0 Å². The Bertz CT molecular complexity index is 887. The predicted octanol–water partition coefficient (Wildman–Crippen LogP) is 4.24. The fourth-order valence-electron chi connectivity index (χ4n) is 2.68. The first-order valence-corrected chi connectivity index (χ1v) is 12.3. The maximum Gasteiger partial charge on any atom is 0.297 e. The Morgan fingerprint density at radius 3 is 1.21 bits per heavy atom. The van der Waals surface area contributed by atoms with Crippen molar-refractivity contribution >= 4 is 20.2 Å². The first-order valence-electron chi connectivity index (χ1n) is 9.49. The van der Waals surface area contributed by atoms with Gasteiger partial charge in [-0.25, -0.2) is 0 Å². The second kappa shape index (κ2) is 9.84. The maximum atomic E-state index is 12.6. The van der Waals surface area contributed by atoms with Crippen LogP contribution in [0.4, 0.5) is 0 Å². The molecule has 0 saturated carbocycles. The smallest absolute Gasteiger partial charge is 0.263 e. The van der Waals surface area contributed by atoms with E-state index in [0.717, 1.165) is 0 Å². The van der Waals surface area contributed by atoms with Gasteiger partial charge in [0.05, 0.1) is 22.0 Å². The Balaban J connectivity index is 2.22. The van der Waals surface area contributed by atoms with E-state index in [2.05, 4.69) is 0 Å². The first kappa shape index (κ1) is 23.5. The van der Waals surface area contributed by atoms with E-state index in [9.17, 15) is 16.8 Å². The molecule has 0 aliphatic heterocycles. The summed E-state index contributed by atoms with van der Waals surface area (Å²) in [6.45, 7) is 7.31. The number of hydrogen-bond acceptors (Lipinski definition) is 6. The summed E-state index contributed by atoms with van der Waals surface area (Å²) >= 11 is 0. The molecule has 0 N–H and O–H groups in total. The molecule has 0 saturated heterocycles. The topological polar surface area (TPSA) is 86.7 Å². The molecule has 29 heavy (non-hydrogen) atoms. The fourth-order valence-corrected chi connectivity index (χ4v) is 5.14. The minimum atomic E-state index is -3.98. The van der Waals surface area contributed by atoms with E-state index in [1.54, 1.807) is 36.4 Å². The van der Waals surface area contributed by atoms with E-state index in [4.69, 9.17) is 8.37 Å². The van der Waals surface area contributed by atoms with E-state index in [1.807, 2.05) is 27.7 Å². The van der Waals surface area contributed by atoms with Crippen molar-refractivity contribution in [1.29, 1.82) is 0 Å². The molecule has 2 unspecified atom stereocenters. The van der Waals surface area contributed by atoms with Gasteiger partial charge >= 0.3 is 0 Å². The van der Waals surface area contributed by atoms with Crippen LogP contribution in [0.1, 0.15) is 34.1 Å². The number of benzene rings is 2. The summed E-state index contributed by atoms with van der Waals surface area (Å²) in [5.74, 6) is -0.337. The molecule has 160 valence electrons. The molecular weight excluding hydrogens is 412 g/mol. The lowest BCUT2D eigenvalue weighted by Crippen LogP contribution is -2.33. The summed E-state index contributed by atoms with van der Waals surface area (Å²) in [6.07, 6.45) is -1.36. The van der Waals surface area contributed by atoms with Crippen molar-refractivity contribution in [3.8, 4) is 0 Å². The lowest BCUT2D eigenvalue weighted by atomic mass is 9.95. The third kappa shape index (κ3) is 6.64. The van der Waals surface area contributed by atoms with E-state index >= 15 is 0 Å². The van der Waals surface area contributed by atoms with Gasteiger partial charge in [0, 0.05) is 6.42 Å². The van der Waals surface area contributed by atoms with Crippen LogP contribution in [0, 0.1) is 11.8 Å². The number of rotatable bonds is 10. The van der Waals surface area contributed by atoms with Gasteiger partial charge in [0.25, 0.3) is 20.2 Å². The third-order valence-corrected chi connectivity index (χ3v) is 7.22. The number of hydrogen-bond donors (Lipinski definition) is 0. The van der Waals surface area contributed by atoms with E-state index in [0.29, 0.717) is 0 Å². The molecule has 6 nitrogen and oxygen atoms in total. The van der Waals surface area contributed by atoms with Crippen molar-refractivity contribution in [3.05, 3.63) is 60.7 Å². The fraction of sp³-hybridized carbons (Fsp3) is 0.429. The molecule has 0 radical (unpaired) electrons. The molecule has 0 aromatic heterocycles. The Hall–Kier alpha value is -1.74. The second-order valence-electron chi connectivity index (χ2n) is 7.53. The van der Waals surface area contributed by atoms with Crippen molar-refractivity contribution < 1.29 is 25.2 Å². The van der Waals surface area contributed by atoms with Crippen LogP contribution in [0.25, 0.3) is 0 Å². The van der Waals surface area contributed by atoms with Crippen LogP contribution < -0.4 is 0 Å². The molecule has 0 bridgehead atoms. The molecular formula is C21H28O6S2. The van der Waals surface area contributed by atoms with Crippen LogP contribution in [-0.2, 0) is 28.6 Å². The summed E-state index contributed by atoms with van der Waals surface area (Å²) in [5.41, 5.74) is 0. The van der Waals surface area contributed by atoms with Crippen LogP contribution in [0.3, 0.4) is 0 Å². The van der Waals surface area contributed by atoms with Gasteiger partial charge < -0.3 is 0 Å². The average molecular weight is 441 g/mol. The van der Waals surface area contributed by atoms with E-state index < -0.39 is 32.4 Å². The van der Waals surface area contributed by atoms with Crippen molar-refractivity contribution in [2.24, 2.45) is 11.8 Å². The molecule has 2 aromatic carbocycles. The first-order chi connectivity index (χ1) is 13.5. The Labute approximate surface area is 174 Å². The minimum Gasteiger partial charge on any atom is -0.263 e. The molecule has 0 fully saturated rings. The molecule has 0 heterocycles. The second-order valence-corrected chi connectivity index (χ2v) is 10.7. The maximum absolute atomic E-state index is 12.6. The summed E-state index contributed by atoms with van der Waals surface area (Å²) in [6, 6.07) is 15.8. The summed E-state index contributed by atoms with van der Waals surface area (Å²) in [5, 5.41) is 0. The van der Waals surface area contributed by atoms with Crippen LogP contribution in [0.5, 0.6) is 0 Å². The molecule has 2 aromatic rings. The normalized spacial score (nSPS) is 14.8. The minimum absolute atomic E-state index is 0.0598. The molecule has 8 heteroatoms. The van der Waals surface area contributed by atoms with Gasteiger partial charge in [-0.05, 0) is 36.1 Å². The predicted molar refractivity (Wildman–Crippen MR) is 111 cm³/mol. The highest BCUT2D eigenvalue weighted by Gasteiger charge is 2.31. The lowest BCUT2D eigenvalue weighted by molar-refractivity contribution is 0.0675. The van der Waals surface area contributed by atoms with Gasteiger partial charge in [0.2, 0.25) is 0 Å². The summed E-state index contributed by atoms with van der Waals surface area (Å²) < 4.78 is 61.5. The SMILES string of the molecule is CC(C)C(CC(OS(=O)(=O)c1ccccc1)C(C)C)OS(=O)(=O)c1ccccc1. The zero-order chi connectivity index (χ0) is 21.7. The largest absolute Gasteiger partial charge is 0.297 e. The van der Waals surface area contributed by atoms with Crippen molar-refractivity contribution in [2.75, 3.05) is 0 Å². The Morgan fingerprint density at radius 2 is 0.931 bits per heavy atom. The molecule has 0 aliphatic rings. The van der Waals surface area contributed by atoms with E-state index in [1.165, 1.54) is 24.3 Å². The molecule has 2 rings (SSSR count). The van der Waals surface area contributed by atoms with Crippen molar-refractivity contribution in [3.63, 3.8) is 0 Å². The highest BCUT2D eigenvalue weighted by Crippen LogP contribution is 2.26. The van der Waals surface area contributed by atoms with Crippen LogP contribution in [0.15, 0.2) is 70.5 Å². The van der Waals surface area contributed by atoms with Gasteiger partial charge in [-0.3, -0.25) is 8.37 Å². The zero-order valence-corrected chi connectivity index (χ0v) is 18.7. The average Bonchev–Trinajstić information content (AvgIpc) is 2.67. The molecule has 2 atom stereocenters. The van der Waals surface area contributed by atoms with Crippen molar-refractivity contribution in [2.45, 2.75) is 56.1 Å². The van der Waals surface area contributed by atoms with Gasteiger partial charge in [-0.1, -0.05) is 64.1 Å². The van der Waals surface area contributed by atoms with Gasteiger partial charge in [0.15, 0.2) is 0 Å². The quantitative estimate of drug-likeness (QED) is 0.514. The summed E-state index contributed by atoms with van der Waals surface area (Å²) in [7, 11) is -7.95. The molecule has 0 aliphatic carbocycles. The Kier molecular flexibility index (Phi) is 7.99. The third-order valence-electron chi connectivity index (χ3n) is 4.52. The monoisotopic (exact) mass is 440 g/mol.